The van der Waals surface area contributed by atoms with Crippen LogP contribution in [0.4, 0.5) is 0 Å². The second-order valence-corrected chi connectivity index (χ2v) is 9.00. The van der Waals surface area contributed by atoms with Gasteiger partial charge in [0.2, 0.25) is 0 Å². The molecule has 0 radical (unpaired) electrons. The van der Waals surface area contributed by atoms with Gasteiger partial charge in [-0.2, -0.15) is 0 Å². The molecule has 18 heavy (non-hydrogen) atoms. The lowest BCUT2D eigenvalue weighted by atomic mass is 9.77. The van der Waals surface area contributed by atoms with E-state index in [1.165, 1.54) is 0 Å². The summed E-state index contributed by atoms with van der Waals surface area (Å²) in [5.74, 6) is 0.0947. The molecule has 0 aliphatic carbocycles. The van der Waals surface area contributed by atoms with Gasteiger partial charge in [-0.15, -0.1) is 0 Å². The van der Waals surface area contributed by atoms with Gasteiger partial charge >= 0.3 is 8.56 Å². The Morgan fingerprint density at radius 1 is 1.22 bits per heavy atom. The van der Waals surface area contributed by atoms with E-state index in [-0.39, 0.29) is 11.3 Å². The van der Waals surface area contributed by atoms with Gasteiger partial charge in [-0.3, -0.25) is 0 Å². The largest absolute Gasteiger partial charge is 0.395 e. The Morgan fingerprint density at radius 3 is 1.94 bits per heavy atom. The minimum Gasteiger partial charge on any atom is -0.395 e. The fraction of sp³-hybridized carbons (Fsp3) is 1.00. The molecule has 0 bridgehead atoms. The van der Waals surface area contributed by atoms with Crippen LogP contribution in [-0.4, -0.2) is 39.5 Å². The Morgan fingerprint density at radius 2 is 1.67 bits per heavy atom. The van der Waals surface area contributed by atoms with Crippen LogP contribution < -0.4 is 5.73 Å². The molecular weight excluding hydrogens is 246 g/mol. The average molecular weight is 277 g/mol. The Labute approximate surface area is 113 Å². The van der Waals surface area contributed by atoms with Gasteiger partial charge in [-0.25, -0.2) is 0 Å². The van der Waals surface area contributed by atoms with E-state index < -0.39 is 14.7 Å². The molecule has 0 aliphatic rings. The molecule has 5 heteroatoms. The number of aliphatic hydroxyl groups excluding tert-OH is 1. The molecular formula is C13H31NO3Si. The van der Waals surface area contributed by atoms with Gasteiger partial charge in [-0.1, -0.05) is 13.8 Å². The number of aliphatic hydroxyl groups is 1. The molecule has 110 valence electrons. The molecule has 0 amide bonds. The molecule has 0 aromatic carbocycles. The van der Waals surface area contributed by atoms with E-state index in [1.54, 1.807) is 0 Å². The maximum absolute atomic E-state index is 10.0. The first-order valence-electron chi connectivity index (χ1n) is 6.88. The Bertz CT molecular complexity index is 228. The number of rotatable bonds is 9. The summed E-state index contributed by atoms with van der Waals surface area (Å²) < 4.78 is 11.7. The highest BCUT2D eigenvalue weighted by Crippen LogP contribution is 2.36. The lowest BCUT2D eigenvalue weighted by Gasteiger charge is -2.39. The zero-order chi connectivity index (χ0) is 14.4. The van der Waals surface area contributed by atoms with Gasteiger partial charge in [-0.05, 0) is 51.2 Å². The van der Waals surface area contributed by atoms with Crippen molar-refractivity contribution in [3.05, 3.63) is 0 Å². The number of hydrogen-bond acceptors (Lipinski definition) is 4. The molecule has 2 atom stereocenters. The summed E-state index contributed by atoms with van der Waals surface area (Å²) in [5.41, 5.74) is 5.72. The topological polar surface area (TPSA) is 64.7 Å². The van der Waals surface area contributed by atoms with Crippen molar-refractivity contribution in [3.63, 3.8) is 0 Å². The summed E-state index contributed by atoms with van der Waals surface area (Å²) in [6.07, 6.45) is -0.406. The molecule has 0 fully saturated rings. The van der Waals surface area contributed by atoms with Gasteiger partial charge in [0, 0.05) is 13.2 Å². The predicted molar refractivity (Wildman–Crippen MR) is 77.7 cm³/mol. The van der Waals surface area contributed by atoms with Crippen LogP contribution in [0.2, 0.25) is 12.6 Å². The predicted octanol–water partition coefficient (Wildman–Crippen LogP) is 2.11. The van der Waals surface area contributed by atoms with E-state index in [0.717, 1.165) is 6.04 Å². The van der Waals surface area contributed by atoms with E-state index in [0.29, 0.717) is 19.8 Å². The quantitative estimate of drug-likeness (QED) is 0.634. The molecule has 0 aromatic heterocycles. The van der Waals surface area contributed by atoms with Crippen molar-refractivity contribution < 1.29 is 14.0 Å². The molecule has 0 heterocycles. The van der Waals surface area contributed by atoms with Crippen molar-refractivity contribution in [1.82, 2.24) is 0 Å². The summed E-state index contributed by atoms with van der Waals surface area (Å²) in [7, 11) is -2.22. The van der Waals surface area contributed by atoms with E-state index >= 15 is 0 Å². The van der Waals surface area contributed by atoms with Gasteiger partial charge in [0.05, 0.1) is 6.10 Å². The fourth-order valence-corrected chi connectivity index (χ4v) is 5.65. The van der Waals surface area contributed by atoms with Crippen molar-refractivity contribution >= 4 is 8.56 Å². The SMILES string of the molecule is CCO[Si](C)(CC(C(C)O)C(C)(C)CN)OCC. The van der Waals surface area contributed by atoms with Gasteiger partial charge in [0.25, 0.3) is 0 Å². The van der Waals surface area contributed by atoms with Gasteiger partial charge in [0.1, 0.15) is 0 Å². The lowest BCUT2D eigenvalue weighted by molar-refractivity contribution is 0.0521. The molecule has 0 spiro atoms. The monoisotopic (exact) mass is 277 g/mol. The van der Waals surface area contributed by atoms with Gasteiger partial charge in [0.15, 0.2) is 0 Å². The van der Waals surface area contributed by atoms with Crippen molar-refractivity contribution in [2.24, 2.45) is 17.1 Å². The van der Waals surface area contributed by atoms with Crippen LogP contribution >= 0.6 is 0 Å². The number of hydrogen-bond donors (Lipinski definition) is 2. The lowest BCUT2D eigenvalue weighted by Crippen LogP contribution is -2.47. The van der Waals surface area contributed by atoms with Crippen molar-refractivity contribution in [2.45, 2.75) is 53.3 Å². The minimum absolute atomic E-state index is 0.0947. The summed E-state index contributed by atoms with van der Waals surface area (Å²) in [4.78, 5) is 0. The maximum atomic E-state index is 10.0. The van der Waals surface area contributed by atoms with E-state index in [4.69, 9.17) is 14.6 Å². The molecule has 0 saturated heterocycles. The second-order valence-electron chi connectivity index (χ2n) is 5.74. The third-order valence-electron chi connectivity index (χ3n) is 3.60. The first-order chi connectivity index (χ1) is 8.22. The first-order valence-corrected chi connectivity index (χ1v) is 9.40. The van der Waals surface area contributed by atoms with Crippen LogP contribution in [0.5, 0.6) is 0 Å². The standard InChI is InChI=1S/C13H31NO3Si/c1-7-16-18(6,17-8-2)9-12(11(3)15)13(4,5)10-14/h11-12,15H,7-10,14H2,1-6H3. The molecule has 0 rings (SSSR count). The van der Waals surface area contributed by atoms with Crippen molar-refractivity contribution in [1.29, 1.82) is 0 Å². The van der Waals surface area contributed by atoms with Crippen LogP contribution in [-0.2, 0) is 8.85 Å². The Kier molecular flexibility index (Phi) is 7.62. The smallest absolute Gasteiger partial charge is 0.335 e. The molecule has 4 nitrogen and oxygen atoms in total. The summed E-state index contributed by atoms with van der Waals surface area (Å²) >= 11 is 0. The highest BCUT2D eigenvalue weighted by molar-refractivity contribution is 6.66. The highest BCUT2D eigenvalue weighted by Gasteiger charge is 2.41. The Balaban J connectivity index is 4.93. The van der Waals surface area contributed by atoms with Crippen molar-refractivity contribution in [2.75, 3.05) is 19.8 Å². The summed E-state index contributed by atoms with van der Waals surface area (Å²) in [6.45, 7) is 13.9. The van der Waals surface area contributed by atoms with E-state index in [2.05, 4.69) is 20.4 Å². The summed E-state index contributed by atoms with van der Waals surface area (Å²) in [5, 5.41) is 10.0. The van der Waals surface area contributed by atoms with Crippen LogP contribution in [0, 0.1) is 11.3 Å². The zero-order valence-corrected chi connectivity index (χ0v) is 13.8. The van der Waals surface area contributed by atoms with Crippen LogP contribution in [0.3, 0.4) is 0 Å². The third-order valence-corrected chi connectivity index (χ3v) is 6.58. The third kappa shape index (κ3) is 5.36. The van der Waals surface area contributed by atoms with E-state index in [1.807, 2.05) is 20.8 Å². The molecule has 3 N–H and O–H groups in total. The van der Waals surface area contributed by atoms with Crippen LogP contribution in [0.15, 0.2) is 0 Å². The maximum Gasteiger partial charge on any atom is 0.335 e. The molecule has 0 aromatic rings. The first kappa shape index (κ1) is 18.1. The van der Waals surface area contributed by atoms with Crippen LogP contribution in [0.1, 0.15) is 34.6 Å². The van der Waals surface area contributed by atoms with Crippen LogP contribution in [0.25, 0.3) is 0 Å². The Hall–Kier alpha value is 0.0569. The fourth-order valence-electron chi connectivity index (χ4n) is 2.42. The number of nitrogens with two attached hydrogens (primary N) is 1. The van der Waals surface area contributed by atoms with E-state index in [9.17, 15) is 5.11 Å². The summed E-state index contributed by atoms with van der Waals surface area (Å²) in [6, 6.07) is 0.774. The molecule has 0 saturated carbocycles. The molecule has 2 unspecified atom stereocenters. The second kappa shape index (κ2) is 7.60. The highest BCUT2D eigenvalue weighted by atomic mass is 28.4. The zero-order valence-electron chi connectivity index (χ0n) is 12.8. The normalized spacial score (nSPS) is 16.7. The molecule has 0 aliphatic heterocycles. The van der Waals surface area contributed by atoms with Gasteiger partial charge < -0.3 is 19.7 Å². The average Bonchev–Trinajstić information content (AvgIpc) is 2.26. The van der Waals surface area contributed by atoms with Crippen molar-refractivity contribution in [3.8, 4) is 0 Å². The minimum atomic E-state index is -2.22.